The normalized spacial score (nSPS) is 12.5. The SMILES string of the molecule is CC(NC(=O)c1ccc(N(C)C)cc1)c1ccc(S(C)(=O)=O)cc1. The molecule has 0 saturated carbocycles. The zero-order chi connectivity index (χ0) is 17.9. The molecule has 0 aromatic heterocycles. The zero-order valence-corrected chi connectivity index (χ0v) is 15.1. The average Bonchev–Trinajstić information content (AvgIpc) is 2.54. The fraction of sp³-hybridized carbons (Fsp3) is 0.278. The van der Waals surface area contributed by atoms with Gasteiger partial charge in [0.05, 0.1) is 10.9 Å². The summed E-state index contributed by atoms with van der Waals surface area (Å²) < 4.78 is 23.0. The highest BCUT2D eigenvalue weighted by Gasteiger charge is 2.13. The number of sulfone groups is 1. The van der Waals surface area contributed by atoms with Gasteiger partial charge in [0, 0.05) is 31.6 Å². The van der Waals surface area contributed by atoms with Crippen LogP contribution in [0, 0.1) is 0 Å². The van der Waals surface area contributed by atoms with Gasteiger partial charge in [0.2, 0.25) is 0 Å². The quantitative estimate of drug-likeness (QED) is 0.904. The third kappa shape index (κ3) is 4.35. The first-order chi connectivity index (χ1) is 11.2. The van der Waals surface area contributed by atoms with Crippen molar-refractivity contribution in [2.45, 2.75) is 17.9 Å². The number of anilines is 1. The van der Waals surface area contributed by atoms with Gasteiger partial charge >= 0.3 is 0 Å². The number of rotatable bonds is 5. The molecule has 1 amide bonds. The van der Waals surface area contributed by atoms with Crippen LogP contribution in [0.2, 0.25) is 0 Å². The van der Waals surface area contributed by atoms with E-state index in [1.54, 1.807) is 36.4 Å². The summed E-state index contributed by atoms with van der Waals surface area (Å²) in [5.74, 6) is -0.167. The molecule has 0 heterocycles. The third-order valence-corrected chi connectivity index (χ3v) is 4.93. The number of nitrogens with one attached hydrogen (secondary N) is 1. The van der Waals surface area contributed by atoms with Crippen LogP contribution in [0.3, 0.4) is 0 Å². The highest BCUT2D eigenvalue weighted by molar-refractivity contribution is 7.90. The fourth-order valence-corrected chi connectivity index (χ4v) is 2.91. The molecule has 0 saturated heterocycles. The number of hydrogen-bond donors (Lipinski definition) is 1. The maximum Gasteiger partial charge on any atom is 0.251 e. The summed E-state index contributed by atoms with van der Waals surface area (Å²) in [6.45, 7) is 1.86. The Hall–Kier alpha value is -2.34. The lowest BCUT2D eigenvalue weighted by Gasteiger charge is -2.16. The van der Waals surface area contributed by atoms with E-state index in [1.165, 1.54) is 6.26 Å². The summed E-state index contributed by atoms with van der Waals surface area (Å²) in [7, 11) is 0.670. The van der Waals surface area contributed by atoms with Crippen LogP contribution >= 0.6 is 0 Å². The Labute approximate surface area is 143 Å². The molecule has 1 N–H and O–H groups in total. The van der Waals surface area contributed by atoms with Crippen molar-refractivity contribution in [1.82, 2.24) is 5.32 Å². The molecule has 2 rings (SSSR count). The van der Waals surface area contributed by atoms with Crippen LogP contribution in [0.1, 0.15) is 28.9 Å². The minimum absolute atomic E-state index is 0.167. The summed E-state index contributed by atoms with van der Waals surface area (Å²) in [6, 6.07) is 13.7. The largest absolute Gasteiger partial charge is 0.378 e. The molecule has 0 fully saturated rings. The molecular formula is C18H22N2O3S. The van der Waals surface area contributed by atoms with Crippen LogP contribution in [0.25, 0.3) is 0 Å². The van der Waals surface area contributed by atoms with Crippen LogP contribution in [-0.2, 0) is 9.84 Å². The van der Waals surface area contributed by atoms with Crippen molar-refractivity contribution >= 4 is 21.4 Å². The Morgan fingerprint density at radius 1 is 1.00 bits per heavy atom. The van der Waals surface area contributed by atoms with Crippen molar-refractivity contribution in [3.63, 3.8) is 0 Å². The van der Waals surface area contributed by atoms with Crippen molar-refractivity contribution in [3.05, 3.63) is 59.7 Å². The van der Waals surface area contributed by atoms with Gasteiger partial charge in [-0.05, 0) is 48.9 Å². The Bertz CT molecular complexity index is 810. The van der Waals surface area contributed by atoms with Gasteiger partial charge in [0.1, 0.15) is 0 Å². The van der Waals surface area contributed by atoms with E-state index in [0.29, 0.717) is 5.56 Å². The van der Waals surface area contributed by atoms with Gasteiger partial charge in [0.15, 0.2) is 9.84 Å². The second-order valence-corrected chi connectivity index (χ2v) is 7.99. The molecule has 0 radical (unpaired) electrons. The topological polar surface area (TPSA) is 66.5 Å². The lowest BCUT2D eigenvalue weighted by Crippen LogP contribution is -2.26. The minimum Gasteiger partial charge on any atom is -0.378 e. The number of hydrogen-bond acceptors (Lipinski definition) is 4. The first-order valence-corrected chi connectivity index (χ1v) is 9.46. The standard InChI is InChI=1S/C18H22N2O3S/c1-13(14-7-11-17(12-8-14)24(4,22)23)19-18(21)15-5-9-16(10-6-15)20(2)3/h5-13H,1-4H3,(H,19,21). The fourth-order valence-electron chi connectivity index (χ4n) is 2.28. The van der Waals surface area contributed by atoms with E-state index in [0.717, 1.165) is 11.3 Å². The van der Waals surface area contributed by atoms with E-state index in [1.807, 2.05) is 38.1 Å². The van der Waals surface area contributed by atoms with Gasteiger partial charge in [-0.15, -0.1) is 0 Å². The van der Waals surface area contributed by atoms with Gasteiger partial charge in [0.25, 0.3) is 5.91 Å². The van der Waals surface area contributed by atoms with E-state index in [4.69, 9.17) is 0 Å². The molecule has 0 spiro atoms. The zero-order valence-electron chi connectivity index (χ0n) is 14.3. The van der Waals surface area contributed by atoms with Crippen molar-refractivity contribution in [2.75, 3.05) is 25.3 Å². The molecule has 2 aromatic carbocycles. The molecular weight excluding hydrogens is 324 g/mol. The Balaban J connectivity index is 2.08. The minimum atomic E-state index is -3.21. The molecule has 2 aromatic rings. The maximum atomic E-state index is 12.3. The molecule has 0 aliphatic heterocycles. The van der Waals surface area contributed by atoms with Crippen LogP contribution in [-0.4, -0.2) is 34.7 Å². The lowest BCUT2D eigenvalue weighted by molar-refractivity contribution is 0.0940. The summed E-state index contributed by atoms with van der Waals surface area (Å²) in [4.78, 5) is 14.5. The number of amides is 1. The molecule has 0 bridgehead atoms. The van der Waals surface area contributed by atoms with Crippen molar-refractivity contribution < 1.29 is 13.2 Å². The Kier molecular flexibility index (Phi) is 5.29. The van der Waals surface area contributed by atoms with Crippen LogP contribution in [0.4, 0.5) is 5.69 Å². The van der Waals surface area contributed by atoms with E-state index >= 15 is 0 Å². The number of carbonyl (C=O) groups is 1. The predicted molar refractivity (Wildman–Crippen MR) is 96.2 cm³/mol. The van der Waals surface area contributed by atoms with E-state index in [9.17, 15) is 13.2 Å². The summed E-state index contributed by atoms with van der Waals surface area (Å²) in [5.41, 5.74) is 2.46. The number of nitrogens with zero attached hydrogens (tertiary/aromatic N) is 1. The average molecular weight is 346 g/mol. The van der Waals surface area contributed by atoms with Crippen LogP contribution in [0.5, 0.6) is 0 Å². The lowest BCUT2D eigenvalue weighted by atomic mass is 10.1. The van der Waals surface area contributed by atoms with E-state index < -0.39 is 9.84 Å². The first-order valence-electron chi connectivity index (χ1n) is 7.57. The predicted octanol–water partition coefficient (Wildman–Crippen LogP) is 2.65. The van der Waals surface area contributed by atoms with Crippen LogP contribution < -0.4 is 10.2 Å². The summed E-state index contributed by atoms with van der Waals surface area (Å²) in [6.07, 6.45) is 1.17. The summed E-state index contributed by atoms with van der Waals surface area (Å²) in [5, 5.41) is 2.92. The van der Waals surface area contributed by atoms with E-state index in [-0.39, 0.29) is 16.8 Å². The smallest absolute Gasteiger partial charge is 0.251 e. The van der Waals surface area contributed by atoms with E-state index in [2.05, 4.69) is 5.32 Å². The molecule has 6 heteroatoms. The molecule has 0 aliphatic rings. The highest BCUT2D eigenvalue weighted by Crippen LogP contribution is 2.17. The molecule has 1 unspecified atom stereocenters. The molecule has 24 heavy (non-hydrogen) atoms. The van der Waals surface area contributed by atoms with Gasteiger partial charge in [-0.2, -0.15) is 0 Å². The monoisotopic (exact) mass is 346 g/mol. The van der Waals surface area contributed by atoms with Crippen molar-refractivity contribution in [2.24, 2.45) is 0 Å². The van der Waals surface area contributed by atoms with Crippen molar-refractivity contribution in [3.8, 4) is 0 Å². The van der Waals surface area contributed by atoms with Gasteiger partial charge < -0.3 is 10.2 Å². The molecule has 128 valence electrons. The van der Waals surface area contributed by atoms with Crippen LogP contribution in [0.15, 0.2) is 53.4 Å². The third-order valence-electron chi connectivity index (χ3n) is 3.80. The Morgan fingerprint density at radius 2 is 1.54 bits per heavy atom. The van der Waals surface area contributed by atoms with Gasteiger partial charge in [-0.25, -0.2) is 8.42 Å². The molecule has 1 atom stereocenters. The number of carbonyl (C=O) groups excluding carboxylic acids is 1. The molecule has 0 aliphatic carbocycles. The second-order valence-electron chi connectivity index (χ2n) is 5.98. The maximum absolute atomic E-state index is 12.3. The first kappa shape index (κ1) is 18.0. The van der Waals surface area contributed by atoms with Crippen molar-refractivity contribution in [1.29, 1.82) is 0 Å². The van der Waals surface area contributed by atoms with Gasteiger partial charge in [-0.1, -0.05) is 12.1 Å². The number of benzene rings is 2. The second kappa shape index (κ2) is 7.05. The Morgan fingerprint density at radius 3 is 2.00 bits per heavy atom. The van der Waals surface area contributed by atoms with Gasteiger partial charge in [-0.3, -0.25) is 4.79 Å². The highest BCUT2D eigenvalue weighted by atomic mass is 32.2. The molecule has 5 nitrogen and oxygen atoms in total. The summed E-state index contributed by atoms with van der Waals surface area (Å²) >= 11 is 0.